The van der Waals surface area contributed by atoms with E-state index >= 15 is 0 Å². The van der Waals surface area contributed by atoms with Gasteiger partial charge in [-0.2, -0.15) is 0 Å². The maximum Gasteiger partial charge on any atom is 0.335 e. The first kappa shape index (κ1) is 22.9. The molecule has 0 spiro atoms. The Morgan fingerprint density at radius 1 is 0.879 bits per heavy atom. The van der Waals surface area contributed by atoms with Gasteiger partial charge in [0.2, 0.25) is 0 Å². The first-order valence-corrected chi connectivity index (χ1v) is 10.8. The van der Waals surface area contributed by atoms with Crippen molar-refractivity contribution in [3.63, 3.8) is 0 Å². The Balaban J connectivity index is 1.58. The Labute approximate surface area is 204 Å². The molecule has 1 aliphatic rings. The van der Waals surface area contributed by atoms with Crippen LogP contribution in [0, 0.1) is 0 Å². The van der Waals surface area contributed by atoms with Crippen molar-refractivity contribution in [2.24, 2.45) is 0 Å². The standard InChI is InChI=1S/C24H15Cl3N2O4/c25-16-4-2-5-18(11-16)29-23(31)20(22(30)28-24(29)32)10-14-3-1-6-19(9-14)33-13-15-7-8-17(26)12-21(15)27/h1-12H,13H2,(H,28,30,32)/b20-10-. The third kappa shape index (κ3) is 5.20. The first-order valence-electron chi connectivity index (χ1n) is 9.65. The zero-order valence-electron chi connectivity index (χ0n) is 16.8. The third-order valence-electron chi connectivity index (χ3n) is 4.75. The van der Waals surface area contributed by atoms with E-state index in [9.17, 15) is 14.4 Å². The highest BCUT2D eigenvalue weighted by Gasteiger charge is 2.36. The third-order valence-corrected chi connectivity index (χ3v) is 5.57. The van der Waals surface area contributed by atoms with E-state index in [4.69, 9.17) is 39.5 Å². The zero-order valence-corrected chi connectivity index (χ0v) is 19.1. The van der Waals surface area contributed by atoms with Gasteiger partial charge in [0.05, 0.1) is 5.69 Å². The van der Waals surface area contributed by atoms with E-state index in [0.717, 1.165) is 10.5 Å². The molecule has 0 radical (unpaired) electrons. The van der Waals surface area contributed by atoms with E-state index in [-0.39, 0.29) is 17.9 Å². The molecule has 1 fully saturated rings. The molecule has 166 valence electrons. The van der Waals surface area contributed by atoms with Crippen molar-refractivity contribution in [2.45, 2.75) is 6.61 Å². The molecule has 1 N–H and O–H groups in total. The van der Waals surface area contributed by atoms with Gasteiger partial charge in [-0.15, -0.1) is 0 Å². The van der Waals surface area contributed by atoms with Crippen LogP contribution >= 0.6 is 34.8 Å². The van der Waals surface area contributed by atoms with E-state index < -0.39 is 17.8 Å². The van der Waals surface area contributed by atoms with Crippen molar-refractivity contribution < 1.29 is 19.1 Å². The normalized spacial score (nSPS) is 15.1. The fraction of sp³-hybridized carbons (Fsp3) is 0.0417. The van der Waals surface area contributed by atoms with Crippen molar-refractivity contribution in [2.75, 3.05) is 4.90 Å². The van der Waals surface area contributed by atoms with Crippen molar-refractivity contribution >= 4 is 64.4 Å². The largest absolute Gasteiger partial charge is 0.489 e. The Morgan fingerprint density at radius 3 is 2.39 bits per heavy atom. The van der Waals surface area contributed by atoms with Gasteiger partial charge in [0.1, 0.15) is 17.9 Å². The molecule has 0 aliphatic carbocycles. The summed E-state index contributed by atoms with van der Waals surface area (Å²) in [6, 6.07) is 17.3. The maximum atomic E-state index is 13.0. The second-order valence-electron chi connectivity index (χ2n) is 7.03. The average molecular weight is 502 g/mol. The molecule has 1 aliphatic heterocycles. The van der Waals surface area contributed by atoms with Crippen LogP contribution < -0.4 is 15.0 Å². The van der Waals surface area contributed by atoms with Crippen LogP contribution in [0.3, 0.4) is 0 Å². The molecule has 33 heavy (non-hydrogen) atoms. The summed E-state index contributed by atoms with van der Waals surface area (Å²) in [5, 5.41) is 3.54. The summed E-state index contributed by atoms with van der Waals surface area (Å²) >= 11 is 18.1. The number of ether oxygens (including phenoxy) is 1. The van der Waals surface area contributed by atoms with Crippen molar-refractivity contribution in [3.05, 3.63) is 98.5 Å². The zero-order chi connectivity index (χ0) is 23.5. The Morgan fingerprint density at radius 2 is 1.64 bits per heavy atom. The number of anilines is 1. The highest BCUT2D eigenvalue weighted by molar-refractivity contribution is 6.39. The molecular weight excluding hydrogens is 487 g/mol. The second kappa shape index (κ2) is 9.67. The van der Waals surface area contributed by atoms with Gasteiger partial charge in [0.15, 0.2) is 0 Å². The van der Waals surface area contributed by atoms with Gasteiger partial charge in [0, 0.05) is 20.6 Å². The molecule has 1 saturated heterocycles. The Bertz CT molecular complexity index is 1310. The number of hydrogen-bond donors (Lipinski definition) is 1. The minimum atomic E-state index is -0.846. The minimum Gasteiger partial charge on any atom is -0.489 e. The van der Waals surface area contributed by atoms with E-state index in [2.05, 4.69) is 5.32 Å². The molecule has 0 aromatic heterocycles. The number of nitrogens with zero attached hydrogens (tertiary/aromatic N) is 1. The number of benzene rings is 3. The molecular formula is C24H15Cl3N2O4. The van der Waals surface area contributed by atoms with Gasteiger partial charge >= 0.3 is 6.03 Å². The van der Waals surface area contributed by atoms with Crippen LogP contribution in [0.1, 0.15) is 11.1 Å². The van der Waals surface area contributed by atoms with Crippen LogP contribution in [-0.4, -0.2) is 17.8 Å². The van der Waals surface area contributed by atoms with Crippen LogP contribution in [0.5, 0.6) is 5.75 Å². The van der Waals surface area contributed by atoms with Crippen LogP contribution in [-0.2, 0) is 16.2 Å². The number of rotatable bonds is 5. The molecule has 0 saturated carbocycles. The number of hydrogen-bond acceptors (Lipinski definition) is 4. The molecule has 3 aromatic rings. The second-order valence-corrected chi connectivity index (χ2v) is 8.31. The monoisotopic (exact) mass is 500 g/mol. The quantitative estimate of drug-likeness (QED) is 0.349. The van der Waals surface area contributed by atoms with Crippen molar-refractivity contribution in [1.82, 2.24) is 5.32 Å². The Hall–Kier alpha value is -3.32. The highest BCUT2D eigenvalue weighted by Crippen LogP contribution is 2.26. The number of nitrogens with one attached hydrogen (secondary N) is 1. The van der Waals surface area contributed by atoms with E-state index in [1.54, 1.807) is 60.7 Å². The summed E-state index contributed by atoms with van der Waals surface area (Å²) in [7, 11) is 0. The van der Waals surface area contributed by atoms with Crippen LogP contribution in [0.4, 0.5) is 10.5 Å². The molecule has 0 bridgehead atoms. The van der Waals surface area contributed by atoms with E-state index in [1.165, 1.54) is 12.1 Å². The predicted molar refractivity (Wildman–Crippen MR) is 128 cm³/mol. The van der Waals surface area contributed by atoms with Gasteiger partial charge in [-0.3, -0.25) is 14.9 Å². The number of urea groups is 1. The number of carbonyl (C=O) groups is 3. The first-order chi connectivity index (χ1) is 15.8. The van der Waals surface area contributed by atoms with Crippen LogP contribution in [0.25, 0.3) is 6.08 Å². The fourth-order valence-electron chi connectivity index (χ4n) is 3.17. The number of halogens is 3. The number of imide groups is 2. The topological polar surface area (TPSA) is 75.7 Å². The molecule has 0 unspecified atom stereocenters. The molecule has 3 aromatic carbocycles. The van der Waals surface area contributed by atoms with E-state index in [0.29, 0.717) is 26.4 Å². The SMILES string of the molecule is O=C1NC(=O)N(c2cccc(Cl)c2)C(=O)/C1=C\c1cccc(OCc2ccc(Cl)cc2Cl)c1. The lowest BCUT2D eigenvalue weighted by atomic mass is 10.1. The number of amides is 4. The maximum absolute atomic E-state index is 13.0. The minimum absolute atomic E-state index is 0.201. The summed E-state index contributed by atoms with van der Waals surface area (Å²) < 4.78 is 5.80. The van der Waals surface area contributed by atoms with Crippen molar-refractivity contribution in [1.29, 1.82) is 0 Å². The summed E-state index contributed by atoms with van der Waals surface area (Å²) in [6.07, 6.45) is 1.39. The van der Waals surface area contributed by atoms with Crippen molar-refractivity contribution in [3.8, 4) is 5.75 Å². The summed E-state index contributed by atoms with van der Waals surface area (Å²) in [5.41, 5.74) is 1.34. The average Bonchev–Trinajstić information content (AvgIpc) is 2.76. The lowest BCUT2D eigenvalue weighted by molar-refractivity contribution is -0.122. The lowest BCUT2D eigenvalue weighted by Gasteiger charge is -2.26. The summed E-state index contributed by atoms with van der Waals surface area (Å²) in [6.45, 7) is 0.201. The molecule has 4 amide bonds. The Kier molecular flexibility index (Phi) is 6.70. The number of barbiturate groups is 1. The summed E-state index contributed by atoms with van der Waals surface area (Å²) in [4.78, 5) is 38.6. The predicted octanol–water partition coefficient (Wildman–Crippen LogP) is 5.89. The van der Waals surface area contributed by atoms with Gasteiger partial charge in [-0.1, -0.05) is 59.1 Å². The van der Waals surface area contributed by atoms with Crippen LogP contribution in [0.15, 0.2) is 72.3 Å². The fourth-order valence-corrected chi connectivity index (χ4v) is 3.82. The van der Waals surface area contributed by atoms with Gasteiger partial charge in [0.25, 0.3) is 11.8 Å². The smallest absolute Gasteiger partial charge is 0.335 e. The molecule has 0 atom stereocenters. The van der Waals surface area contributed by atoms with Gasteiger partial charge < -0.3 is 4.74 Å². The molecule has 6 nitrogen and oxygen atoms in total. The van der Waals surface area contributed by atoms with Gasteiger partial charge in [-0.25, -0.2) is 9.69 Å². The molecule has 9 heteroatoms. The molecule has 4 rings (SSSR count). The number of carbonyl (C=O) groups excluding carboxylic acids is 3. The lowest BCUT2D eigenvalue weighted by Crippen LogP contribution is -2.54. The van der Waals surface area contributed by atoms with Gasteiger partial charge in [-0.05, 0) is 54.1 Å². The summed E-state index contributed by atoms with van der Waals surface area (Å²) in [5.74, 6) is -1.05. The van der Waals surface area contributed by atoms with E-state index in [1.807, 2.05) is 0 Å². The highest BCUT2D eigenvalue weighted by atomic mass is 35.5. The molecule has 1 heterocycles. The van der Waals surface area contributed by atoms with Crippen LogP contribution in [0.2, 0.25) is 15.1 Å².